The average molecular weight is 457 g/mol. The highest BCUT2D eigenvalue weighted by atomic mass is 32.2. The van der Waals surface area contributed by atoms with Crippen LogP contribution in [0.2, 0.25) is 0 Å². The molecule has 0 radical (unpaired) electrons. The molecule has 0 bridgehead atoms. The van der Waals surface area contributed by atoms with E-state index in [0.29, 0.717) is 25.3 Å². The minimum absolute atomic E-state index is 0.0248. The number of alkyl carbamates (subject to hydrolysis) is 1. The smallest absolute Gasteiger partial charge is 0.407 e. The monoisotopic (exact) mass is 456 g/mol. The summed E-state index contributed by atoms with van der Waals surface area (Å²) in [5.74, 6) is -0.0210. The summed E-state index contributed by atoms with van der Waals surface area (Å²) in [5.41, 5.74) is 4.71. The largest absolute Gasteiger partial charge is 0.481 e. The maximum absolute atomic E-state index is 12.1. The molecule has 2 aromatic rings. The number of carboxylic acid groups (broad SMARTS) is 1. The van der Waals surface area contributed by atoms with Gasteiger partial charge in [-0.05, 0) is 28.7 Å². The first-order valence-corrected chi connectivity index (χ1v) is 11.7. The van der Waals surface area contributed by atoms with Gasteiger partial charge in [0.25, 0.3) is 0 Å². The molecule has 0 aromatic heterocycles. The number of thioether (sulfide) groups is 1. The van der Waals surface area contributed by atoms with Gasteiger partial charge in [-0.1, -0.05) is 48.5 Å². The summed E-state index contributed by atoms with van der Waals surface area (Å²) in [6.45, 7) is 1.09. The number of nitrogens with zero attached hydrogens (tertiary/aromatic N) is 1. The molecular formula is C24H28N2O5S. The number of hydrogen-bond acceptors (Lipinski definition) is 5. The fourth-order valence-electron chi connectivity index (χ4n) is 3.74. The van der Waals surface area contributed by atoms with Crippen molar-refractivity contribution in [2.24, 2.45) is 0 Å². The van der Waals surface area contributed by atoms with Crippen molar-refractivity contribution in [3.63, 3.8) is 0 Å². The van der Waals surface area contributed by atoms with Gasteiger partial charge >= 0.3 is 12.1 Å². The van der Waals surface area contributed by atoms with Crippen LogP contribution in [-0.4, -0.2) is 66.2 Å². The van der Waals surface area contributed by atoms with Crippen molar-refractivity contribution in [1.82, 2.24) is 10.2 Å². The molecule has 0 saturated carbocycles. The Balaban J connectivity index is 1.35. The number of fused-ring (bicyclic) bond motifs is 3. The Morgan fingerprint density at radius 1 is 1.06 bits per heavy atom. The van der Waals surface area contributed by atoms with Crippen LogP contribution in [0.1, 0.15) is 29.9 Å². The first-order chi connectivity index (χ1) is 15.5. The summed E-state index contributed by atoms with van der Waals surface area (Å²) in [5, 5.41) is 11.4. The van der Waals surface area contributed by atoms with Gasteiger partial charge in [0.05, 0.1) is 5.75 Å². The van der Waals surface area contributed by atoms with Crippen LogP contribution in [0.15, 0.2) is 48.5 Å². The predicted octanol–water partition coefficient (Wildman–Crippen LogP) is 3.58. The van der Waals surface area contributed by atoms with Gasteiger partial charge in [-0.25, -0.2) is 4.79 Å². The van der Waals surface area contributed by atoms with E-state index in [1.165, 1.54) is 38.9 Å². The normalized spacial score (nSPS) is 12.0. The summed E-state index contributed by atoms with van der Waals surface area (Å²) in [4.78, 5) is 36.2. The minimum atomic E-state index is -0.862. The number of hydrogen-bond donors (Lipinski definition) is 2. The van der Waals surface area contributed by atoms with Crippen LogP contribution >= 0.6 is 11.8 Å². The van der Waals surface area contributed by atoms with Crippen LogP contribution in [0, 0.1) is 0 Å². The molecule has 1 aliphatic carbocycles. The topological polar surface area (TPSA) is 95.9 Å². The van der Waals surface area contributed by atoms with E-state index in [4.69, 9.17) is 9.84 Å². The van der Waals surface area contributed by atoms with E-state index in [9.17, 15) is 14.4 Å². The molecular weight excluding hydrogens is 428 g/mol. The summed E-state index contributed by atoms with van der Waals surface area (Å²) < 4.78 is 5.49. The summed E-state index contributed by atoms with van der Waals surface area (Å²) in [6.07, 6.45) is 0.0185. The maximum atomic E-state index is 12.1. The number of aliphatic carboxylic acids is 1. The van der Waals surface area contributed by atoms with Gasteiger partial charge in [0.2, 0.25) is 5.91 Å². The Bertz CT molecular complexity index is 919. The quantitative estimate of drug-likeness (QED) is 0.502. The van der Waals surface area contributed by atoms with Gasteiger partial charge in [0.15, 0.2) is 0 Å². The van der Waals surface area contributed by atoms with Crippen LogP contribution < -0.4 is 5.32 Å². The number of benzene rings is 2. The molecule has 32 heavy (non-hydrogen) atoms. The molecule has 8 heteroatoms. The van der Waals surface area contributed by atoms with E-state index in [-0.39, 0.29) is 30.6 Å². The highest BCUT2D eigenvalue weighted by Crippen LogP contribution is 2.44. The number of nitrogens with one attached hydrogen (secondary N) is 1. The lowest BCUT2D eigenvalue weighted by Crippen LogP contribution is -2.31. The molecule has 0 aliphatic heterocycles. The Morgan fingerprint density at radius 3 is 2.31 bits per heavy atom. The SMILES string of the molecule is CN(CCCC(=O)O)C(=O)CSCCNC(=O)OCC1c2ccccc2-c2ccccc21. The average Bonchev–Trinajstić information content (AvgIpc) is 3.10. The molecule has 170 valence electrons. The van der Waals surface area contributed by atoms with E-state index in [2.05, 4.69) is 29.6 Å². The highest BCUT2D eigenvalue weighted by molar-refractivity contribution is 7.99. The number of rotatable bonds is 11. The van der Waals surface area contributed by atoms with Crippen molar-refractivity contribution in [3.8, 4) is 11.1 Å². The molecule has 0 spiro atoms. The second-order valence-electron chi connectivity index (χ2n) is 7.62. The van der Waals surface area contributed by atoms with Crippen molar-refractivity contribution < 1.29 is 24.2 Å². The Kier molecular flexibility index (Phi) is 8.56. The molecule has 2 aromatic carbocycles. The zero-order valence-electron chi connectivity index (χ0n) is 18.1. The van der Waals surface area contributed by atoms with Crippen molar-refractivity contribution in [2.75, 3.05) is 38.2 Å². The second-order valence-corrected chi connectivity index (χ2v) is 8.72. The molecule has 2 amide bonds. The van der Waals surface area contributed by atoms with Crippen LogP contribution in [0.3, 0.4) is 0 Å². The lowest BCUT2D eigenvalue weighted by atomic mass is 9.98. The third-order valence-electron chi connectivity index (χ3n) is 5.39. The molecule has 0 atom stereocenters. The lowest BCUT2D eigenvalue weighted by Gasteiger charge is -2.16. The van der Waals surface area contributed by atoms with E-state index >= 15 is 0 Å². The maximum Gasteiger partial charge on any atom is 0.407 e. The van der Waals surface area contributed by atoms with Crippen LogP contribution in [0.5, 0.6) is 0 Å². The van der Waals surface area contributed by atoms with E-state index in [0.717, 1.165) is 0 Å². The number of amides is 2. The number of carbonyl (C=O) groups excluding carboxylic acids is 2. The molecule has 7 nitrogen and oxygen atoms in total. The van der Waals surface area contributed by atoms with Gasteiger partial charge < -0.3 is 20.1 Å². The Morgan fingerprint density at radius 2 is 1.69 bits per heavy atom. The van der Waals surface area contributed by atoms with Crippen LogP contribution in [-0.2, 0) is 14.3 Å². The van der Waals surface area contributed by atoms with E-state index in [1.54, 1.807) is 7.05 Å². The van der Waals surface area contributed by atoms with E-state index < -0.39 is 12.1 Å². The van der Waals surface area contributed by atoms with E-state index in [1.807, 2.05) is 24.3 Å². The standard InChI is InChI=1S/C24H28N2O5S/c1-26(13-6-11-23(28)29)22(27)16-32-14-12-25-24(30)31-15-21-19-9-4-2-7-17(19)18-8-3-5-10-20(18)21/h2-5,7-10,21H,6,11-16H2,1H3,(H,25,30)(H,28,29). The third kappa shape index (κ3) is 6.26. The summed E-state index contributed by atoms with van der Waals surface area (Å²) in [7, 11) is 1.67. The molecule has 0 saturated heterocycles. The van der Waals surface area contributed by atoms with Crippen molar-refractivity contribution in [2.45, 2.75) is 18.8 Å². The fourth-order valence-corrected chi connectivity index (χ4v) is 4.52. The highest BCUT2D eigenvalue weighted by Gasteiger charge is 2.28. The van der Waals surface area contributed by atoms with Gasteiger partial charge in [-0.15, -0.1) is 0 Å². The third-order valence-corrected chi connectivity index (χ3v) is 6.34. The predicted molar refractivity (Wildman–Crippen MR) is 125 cm³/mol. The molecule has 0 fully saturated rings. The summed E-state index contributed by atoms with van der Waals surface area (Å²) >= 11 is 1.42. The first-order valence-electron chi connectivity index (χ1n) is 10.6. The number of carboxylic acids is 1. The number of ether oxygens (including phenoxy) is 1. The van der Waals surface area contributed by atoms with Crippen molar-refractivity contribution in [1.29, 1.82) is 0 Å². The molecule has 0 unspecified atom stereocenters. The minimum Gasteiger partial charge on any atom is -0.481 e. The zero-order chi connectivity index (χ0) is 22.9. The van der Waals surface area contributed by atoms with Gasteiger partial charge in [-0.3, -0.25) is 9.59 Å². The second kappa shape index (κ2) is 11.6. The van der Waals surface area contributed by atoms with Crippen LogP contribution in [0.4, 0.5) is 4.79 Å². The molecule has 3 rings (SSSR count). The Hall–Kier alpha value is -3.00. The van der Waals surface area contributed by atoms with Gasteiger partial charge in [0, 0.05) is 38.2 Å². The number of carbonyl (C=O) groups is 3. The zero-order valence-corrected chi connectivity index (χ0v) is 18.9. The molecule has 1 aliphatic rings. The van der Waals surface area contributed by atoms with Crippen LogP contribution in [0.25, 0.3) is 11.1 Å². The summed E-state index contributed by atoms with van der Waals surface area (Å²) in [6, 6.07) is 16.4. The lowest BCUT2D eigenvalue weighted by molar-refractivity contribution is -0.137. The van der Waals surface area contributed by atoms with Gasteiger partial charge in [-0.2, -0.15) is 11.8 Å². The molecule has 0 heterocycles. The van der Waals surface area contributed by atoms with Crippen molar-refractivity contribution in [3.05, 3.63) is 59.7 Å². The van der Waals surface area contributed by atoms with Crippen molar-refractivity contribution >= 4 is 29.7 Å². The Labute approximate surface area is 192 Å². The molecule has 2 N–H and O–H groups in total. The first kappa shape index (κ1) is 23.7. The fraction of sp³-hybridized carbons (Fsp3) is 0.375. The van der Waals surface area contributed by atoms with Gasteiger partial charge in [0.1, 0.15) is 6.61 Å².